The van der Waals surface area contributed by atoms with Gasteiger partial charge in [0.1, 0.15) is 5.75 Å². The van der Waals surface area contributed by atoms with Crippen molar-refractivity contribution in [1.29, 1.82) is 0 Å². The number of nitrogens with two attached hydrogens (primary N) is 1. The van der Waals surface area contributed by atoms with Gasteiger partial charge >= 0.3 is 0 Å². The number of hydrogen-bond donors (Lipinski definition) is 2. The number of nitrogen functional groups attached to an aromatic ring is 1. The maximum Gasteiger partial charge on any atom is 0.226 e. The highest BCUT2D eigenvalue weighted by atomic mass is 16.5. The molecule has 0 saturated carbocycles. The van der Waals surface area contributed by atoms with Gasteiger partial charge in [0.05, 0.1) is 25.3 Å². The van der Waals surface area contributed by atoms with E-state index in [2.05, 4.69) is 4.90 Å². The standard InChI is InChI=1S/C15H23N3O3/c16-13-3-1-2-4-14(13)21-12-5-15(20)18-8-6-17(7-9-18)10-11-19/h1-4,19H,5-12,16H2. The van der Waals surface area contributed by atoms with Crippen LogP contribution >= 0.6 is 0 Å². The molecule has 0 aromatic heterocycles. The molecule has 6 nitrogen and oxygen atoms in total. The van der Waals surface area contributed by atoms with Gasteiger partial charge in [0.25, 0.3) is 0 Å². The minimum absolute atomic E-state index is 0.105. The van der Waals surface area contributed by atoms with Crippen molar-refractivity contribution in [2.75, 3.05) is 51.7 Å². The molecule has 1 aliphatic rings. The maximum atomic E-state index is 12.1. The highest BCUT2D eigenvalue weighted by molar-refractivity contribution is 5.76. The number of amides is 1. The first-order valence-electron chi connectivity index (χ1n) is 7.29. The fourth-order valence-corrected chi connectivity index (χ4v) is 2.38. The Morgan fingerprint density at radius 2 is 1.95 bits per heavy atom. The fourth-order valence-electron chi connectivity index (χ4n) is 2.38. The van der Waals surface area contributed by atoms with Crippen molar-refractivity contribution in [3.05, 3.63) is 24.3 Å². The van der Waals surface area contributed by atoms with E-state index in [0.29, 0.717) is 44.1 Å². The lowest BCUT2D eigenvalue weighted by Crippen LogP contribution is -2.49. The van der Waals surface area contributed by atoms with Crippen LogP contribution in [-0.2, 0) is 4.79 Å². The van der Waals surface area contributed by atoms with Gasteiger partial charge in [0.2, 0.25) is 5.91 Å². The van der Waals surface area contributed by atoms with Gasteiger partial charge < -0.3 is 20.5 Å². The summed E-state index contributed by atoms with van der Waals surface area (Å²) in [6.07, 6.45) is 0.355. The molecule has 0 aliphatic carbocycles. The summed E-state index contributed by atoms with van der Waals surface area (Å²) in [7, 11) is 0. The molecule has 1 aromatic rings. The number of benzene rings is 1. The van der Waals surface area contributed by atoms with Crippen LogP contribution in [0.3, 0.4) is 0 Å². The van der Waals surface area contributed by atoms with E-state index in [-0.39, 0.29) is 12.5 Å². The summed E-state index contributed by atoms with van der Waals surface area (Å²) < 4.78 is 5.54. The van der Waals surface area contributed by atoms with Crippen molar-refractivity contribution < 1.29 is 14.6 Å². The van der Waals surface area contributed by atoms with E-state index in [1.165, 1.54) is 0 Å². The number of rotatable bonds is 6. The quantitative estimate of drug-likeness (QED) is 0.731. The van der Waals surface area contributed by atoms with Crippen molar-refractivity contribution in [2.24, 2.45) is 0 Å². The molecule has 116 valence electrons. The summed E-state index contributed by atoms with van der Waals surface area (Å²) in [4.78, 5) is 16.1. The largest absolute Gasteiger partial charge is 0.491 e. The first kappa shape index (κ1) is 15.6. The van der Waals surface area contributed by atoms with E-state index in [4.69, 9.17) is 15.6 Å². The normalized spacial score (nSPS) is 16.0. The molecule has 1 heterocycles. The van der Waals surface area contributed by atoms with Crippen LogP contribution in [0.2, 0.25) is 0 Å². The fraction of sp³-hybridized carbons (Fsp3) is 0.533. The molecule has 0 spiro atoms. The summed E-state index contributed by atoms with van der Waals surface area (Å²) in [5.41, 5.74) is 6.36. The van der Waals surface area contributed by atoms with E-state index >= 15 is 0 Å². The van der Waals surface area contributed by atoms with Gasteiger partial charge in [-0.1, -0.05) is 12.1 Å². The van der Waals surface area contributed by atoms with E-state index in [1.54, 1.807) is 12.1 Å². The smallest absolute Gasteiger partial charge is 0.226 e. The van der Waals surface area contributed by atoms with Crippen LogP contribution < -0.4 is 10.5 Å². The number of ether oxygens (including phenoxy) is 1. The van der Waals surface area contributed by atoms with E-state index in [1.807, 2.05) is 17.0 Å². The highest BCUT2D eigenvalue weighted by Crippen LogP contribution is 2.19. The molecule has 1 aromatic carbocycles. The van der Waals surface area contributed by atoms with Gasteiger partial charge in [-0.15, -0.1) is 0 Å². The Hall–Kier alpha value is -1.79. The molecule has 0 atom stereocenters. The van der Waals surface area contributed by atoms with Crippen LogP contribution in [0, 0.1) is 0 Å². The molecule has 1 amide bonds. The molecular weight excluding hydrogens is 270 g/mol. The monoisotopic (exact) mass is 293 g/mol. The number of anilines is 1. The lowest BCUT2D eigenvalue weighted by molar-refractivity contribution is -0.133. The van der Waals surface area contributed by atoms with Crippen LogP contribution in [0.15, 0.2) is 24.3 Å². The Morgan fingerprint density at radius 1 is 1.24 bits per heavy atom. The summed E-state index contributed by atoms with van der Waals surface area (Å²) in [5.74, 6) is 0.728. The number of nitrogens with zero attached hydrogens (tertiary/aromatic N) is 2. The van der Waals surface area contributed by atoms with Gasteiger partial charge in [-0.25, -0.2) is 0 Å². The van der Waals surface area contributed by atoms with Gasteiger partial charge in [-0.05, 0) is 12.1 Å². The van der Waals surface area contributed by atoms with Crippen molar-refractivity contribution in [3.63, 3.8) is 0 Å². The molecule has 0 radical (unpaired) electrons. The van der Waals surface area contributed by atoms with Crippen LogP contribution in [0.1, 0.15) is 6.42 Å². The van der Waals surface area contributed by atoms with E-state index < -0.39 is 0 Å². The lowest BCUT2D eigenvalue weighted by atomic mass is 10.2. The highest BCUT2D eigenvalue weighted by Gasteiger charge is 2.20. The van der Waals surface area contributed by atoms with E-state index in [9.17, 15) is 4.79 Å². The molecular formula is C15H23N3O3. The number of aliphatic hydroxyl groups excluding tert-OH is 1. The van der Waals surface area contributed by atoms with Crippen LogP contribution in [0.4, 0.5) is 5.69 Å². The van der Waals surface area contributed by atoms with Gasteiger partial charge in [0.15, 0.2) is 0 Å². The second kappa shape index (κ2) is 7.85. The second-order valence-corrected chi connectivity index (χ2v) is 5.08. The summed E-state index contributed by atoms with van der Waals surface area (Å²) in [6, 6.07) is 7.28. The van der Waals surface area contributed by atoms with Crippen LogP contribution in [0.5, 0.6) is 5.75 Å². The molecule has 3 N–H and O–H groups in total. The van der Waals surface area contributed by atoms with Crippen molar-refractivity contribution >= 4 is 11.6 Å². The SMILES string of the molecule is Nc1ccccc1OCCC(=O)N1CCN(CCO)CC1. The molecule has 1 saturated heterocycles. The second-order valence-electron chi connectivity index (χ2n) is 5.08. The van der Waals surface area contributed by atoms with E-state index in [0.717, 1.165) is 13.1 Å². The molecule has 1 aliphatic heterocycles. The van der Waals surface area contributed by atoms with Crippen LogP contribution in [-0.4, -0.2) is 66.8 Å². The Bertz CT molecular complexity index is 459. The zero-order valence-electron chi connectivity index (χ0n) is 12.2. The van der Waals surface area contributed by atoms with Crippen molar-refractivity contribution in [3.8, 4) is 5.75 Å². The van der Waals surface area contributed by atoms with Gasteiger partial charge in [0, 0.05) is 32.7 Å². The van der Waals surface area contributed by atoms with Crippen molar-refractivity contribution in [1.82, 2.24) is 9.80 Å². The number of para-hydroxylation sites is 2. The molecule has 1 fully saturated rings. The first-order valence-corrected chi connectivity index (χ1v) is 7.29. The predicted octanol–water partition coefficient (Wildman–Crippen LogP) is 0.174. The third-order valence-corrected chi connectivity index (χ3v) is 3.63. The first-order chi connectivity index (χ1) is 10.2. The average Bonchev–Trinajstić information content (AvgIpc) is 2.50. The molecule has 6 heteroatoms. The minimum atomic E-state index is 0.105. The number of carbonyl (C=O) groups excluding carboxylic acids is 1. The number of piperazine rings is 1. The number of carbonyl (C=O) groups is 1. The summed E-state index contributed by atoms with van der Waals surface area (Å²) in [5, 5.41) is 8.89. The molecule has 2 rings (SSSR count). The zero-order valence-corrected chi connectivity index (χ0v) is 12.2. The van der Waals surface area contributed by atoms with Gasteiger partial charge in [-0.2, -0.15) is 0 Å². The minimum Gasteiger partial charge on any atom is -0.491 e. The molecule has 0 bridgehead atoms. The molecule has 0 unspecified atom stereocenters. The Labute approximate surface area is 125 Å². The Balaban J connectivity index is 1.70. The third-order valence-electron chi connectivity index (χ3n) is 3.63. The van der Waals surface area contributed by atoms with Gasteiger partial charge in [-0.3, -0.25) is 9.69 Å². The van der Waals surface area contributed by atoms with Crippen LogP contribution in [0.25, 0.3) is 0 Å². The number of hydrogen-bond acceptors (Lipinski definition) is 5. The topological polar surface area (TPSA) is 79.0 Å². The number of β-amino-alcohol motifs (C(OH)–C–C–N with tert-alkyl or cyclic N) is 1. The summed E-state index contributed by atoms with van der Waals surface area (Å²) >= 11 is 0. The Kier molecular flexibility index (Phi) is 5.83. The lowest BCUT2D eigenvalue weighted by Gasteiger charge is -2.34. The third kappa shape index (κ3) is 4.61. The van der Waals surface area contributed by atoms with Crippen molar-refractivity contribution in [2.45, 2.75) is 6.42 Å². The number of aliphatic hydroxyl groups is 1. The predicted molar refractivity (Wildman–Crippen MR) is 81.1 cm³/mol. The Morgan fingerprint density at radius 3 is 2.62 bits per heavy atom. The maximum absolute atomic E-state index is 12.1. The summed E-state index contributed by atoms with van der Waals surface area (Å²) in [6.45, 7) is 4.25. The molecule has 21 heavy (non-hydrogen) atoms. The zero-order chi connectivity index (χ0) is 15.1. The average molecular weight is 293 g/mol.